The second kappa shape index (κ2) is 5.96. The van der Waals surface area contributed by atoms with Crippen molar-refractivity contribution < 1.29 is 19.4 Å². The maximum Gasteiger partial charge on any atom is 0.410 e. The van der Waals surface area contributed by atoms with Gasteiger partial charge in [0.2, 0.25) is 0 Å². The number of morpholine rings is 1. The van der Waals surface area contributed by atoms with E-state index in [-0.39, 0.29) is 18.2 Å². The van der Waals surface area contributed by atoms with Gasteiger partial charge in [-0.2, -0.15) is 0 Å². The predicted molar refractivity (Wildman–Crippen MR) is 94.8 cm³/mol. The van der Waals surface area contributed by atoms with E-state index in [4.69, 9.17) is 9.47 Å². The van der Waals surface area contributed by atoms with Crippen molar-refractivity contribution in [3.63, 3.8) is 0 Å². The van der Waals surface area contributed by atoms with Crippen LogP contribution in [0.2, 0.25) is 0 Å². The smallest absolute Gasteiger partial charge is 0.410 e. The average molecular weight is 359 g/mol. The quantitative estimate of drug-likeness (QED) is 0.846. The molecule has 2 unspecified atom stereocenters. The summed E-state index contributed by atoms with van der Waals surface area (Å²) in [4.78, 5) is 18.8. The molecule has 4 rings (SSSR count). The fourth-order valence-corrected chi connectivity index (χ4v) is 4.13. The van der Waals surface area contributed by atoms with Crippen LogP contribution in [0.4, 0.5) is 4.79 Å². The molecule has 2 fully saturated rings. The molecule has 2 aliphatic rings. The summed E-state index contributed by atoms with van der Waals surface area (Å²) in [5.41, 5.74) is 0.000360. The van der Waals surface area contributed by atoms with E-state index in [1.54, 1.807) is 11.1 Å². The van der Waals surface area contributed by atoms with E-state index >= 15 is 0 Å². The number of hydrogen-bond acceptors (Lipinski definition) is 5. The van der Waals surface area contributed by atoms with Gasteiger partial charge in [0.05, 0.1) is 31.0 Å². The van der Waals surface area contributed by atoms with Crippen molar-refractivity contribution >= 4 is 11.7 Å². The second-order valence-electron chi connectivity index (χ2n) is 8.24. The molecule has 26 heavy (non-hydrogen) atoms. The first-order valence-electron chi connectivity index (χ1n) is 9.01. The Morgan fingerprint density at radius 1 is 1.31 bits per heavy atom. The average Bonchev–Trinajstić information content (AvgIpc) is 3.00. The third kappa shape index (κ3) is 2.95. The number of carbonyl (C=O) groups is 1. The third-order valence-electron chi connectivity index (χ3n) is 5.06. The lowest BCUT2D eigenvalue weighted by atomic mass is 9.79. The summed E-state index contributed by atoms with van der Waals surface area (Å²) in [6.07, 6.45) is 4.05. The Morgan fingerprint density at radius 2 is 2.00 bits per heavy atom. The Morgan fingerprint density at radius 3 is 2.65 bits per heavy atom. The Labute approximate surface area is 152 Å². The normalized spacial score (nSPS) is 29.0. The standard InChI is InChI=1S/C19H25N3O4/c1-18(2,3)26-17(23)22-13-9-19(24,10-14(22)12-25-11-13)15-5-4-6-16-20-7-8-21(15)16/h4-8,13-14,24H,9-12H2,1-3H3. The van der Waals surface area contributed by atoms with Gasteiger partial charge in [0.15, 0.2) is 0 Å². The van der Waals surface area contributed by atoms with Gasteiger partial charge >= 0.3 is 6.09 Å². The number of fused-ring (bicyclic) bond motifs is 3. The highest BCUT2D eigenvalue weighted by Crippen LogP contribution is 2.41. The SMILES string of the molecule is CC(C)(C)OC(=O)N1C2COCC1CC(O)(c1cccc3nccn13)C2. The van der Waals surface area contributed by atoms with E-state index in [1.807, 2.05) is 49.6 Å². The highest BCUT2D eigenvalue weighted by Gasteiger charge is 2.50. The Hall–Kier alpha value is -2.12. The van der Waals surface area contributed by atoms with Gasteiger partial charge in [-0.3, -0.25) is 4.90 Å². The van der Waals surface area contributed by atoms with Gasteiger partial charge < -0.3 is 19.0 Å². The van der Waals surface area contributed by atoms with Crippen LogP contribution >= 0.6 is 0 Å². The molecule has 0 spiro atoms. The first-order valence-corrected chi connectivity index (χ1v) is 9.01. The van der Waals surface area contributed by atoms with Crippen LogP contribution < -0.4 is 0 Å². The number of ether oxygens (including phenoxy) is 2. The van der Waals surface area contributed by atoms with Crippen molar-refractivity contribution in [2.75, 3.05) is 13.2 Å². The van der Waals surface area contributed by atoms with Crippen molar-refractivity contribution in [1.29, 1.82) is 0 Å². The number of hydrogen-bond donors (Lipinski definition) is 1. The van der Waals surface area contributed by atoms with Gasteiger partial charge in [0.25, 0.3) is 0 Å². The summed E-state index contributed by atoms with van der Waals surface area (Å²) in [7, 11) is 0. The first-order chi connectivity index (χ1) is 12.3. The van der Waals surface area contributed by atoms with Gasteiger partial charge in [-0.05, 0) is 32.9 Å². The molecule has 7 heteroatoms. The van der Waals surface area contributed by atoms with Gasteiger partial charge in [-0.25, -0.2) is 9.78 Å². The zero-order valence-corrected chi connectivity index (χ0v) is 15.4. The van der Waals surface area contributed by atoms with Gasteiger partial charge in [0.1, 0.15) is 16.8 Å². The molecule has 1 N–H and O–H groups in total. The first kappa shape index (κ1) is 17.3. The van der Waals surface area contributed by atoms with Crippen molar-refractivity contribution in [1.82, 2.24) is 14.3 Å². The number of aromatic nitrogens is 2. The van der Waals surface area contributed by atoms with Crippen LogP contribution in [-0.4, -0.2) is 56.4 Å². The topological polar surface area (TPSA) is 76.3 Å². The summed E-state index contributed by atoms with van der Waals surface area (Å²) in [6.45, 7) is 6.38. The van der Waals surface area contributed by atoms with Gasteiger partial charge in [-0.1, -0.05) is 6.07 Å². The molecule has 0 radical (unpaired) electrons. The minimum Gasteiger partial charge on any atom is -0.444 e. The summed E-state index contributed by atoms with van der Waals surface area (Å²) in [5, 5.41) is 11.5. The molecule has 2 saturated heterocycles. The van der Waals surface area contributed by atoms with Crippen LogP contribution in [0.3, 0.4) is 0 Å². The number of piperidine rings is 1. The van der Waals surface area contributed by atoms with Crippen molar-refractivity contribution in [2.24, 2.45) is 0 Å². The number of amides is 1. The predicted octanol–water partition coefficient (Wildman–Crippen LogP) is 2.32. The molecular weight excluding hydrogens is 334 g/mol. The van der Waals surface area contributed by atoms with E-state index in [0.29, 0.717) is 26.1 Å². The van der Waals surface area contributed by atoms with Crippen molar-refractivity contribution in [3.8, 4) is 0 Å². The minimum absolute atomic E-state index is 0.221. The fraction of sp³-hybridized carbons (Fsp3) is 0.579. The maximum atomic E-state index is 12.7. The van der Waals surface area contributed by atoms with Gasteiger partial charge in [-0.15, -0.1) is 0 Å². The molecule has 140 valence electrons. The lowest BCUT2D eigenvalue weighted by Crippen LogP contribution is -2.63. The molecule has 0 saturated carbocycles. The summed E-state index contributed by atoms with van der Waals surface area (Å²) in [6, 6.07) is 5.30. The lowest BCUT2D eigenvalue weighted by Gasteiger charge is -2.51. The van der Waals surface area contributed by atoms with Crippen molar-refractivity contribution in [3.05, 3.63) is 36.3 Å². The summed E-state index contributed by atoms with van der Waals surface area (Å²) >= 11 is 0. The molecule has 2 atom stereocenters. The molecule has 2 aromatic rings. The molecule has 2 bridgehead atoms. The number of carbonyl (C=O) groups excluding carboxylic acids is 1. The van der Waals surface area contributed by atoms with Crippen LogP contribution in [0, 0.1) is 0 Å². The highest BCUT2D eigenvalue weighted by molar-refractivity contribution is 5.69. The molecule has 1 amide bonds. The number of nitrogens with zero attached hydrogens (tertiary/aromatic N) is 3. The van der Waals surface area contributed by atoms with Crippen LogP contribution in [0.15, 0.2) is 30.6 Å². The fourth-order valence-electron chi connectivity index (χ4n) is 4.13. The maximum absolute atomic E-state index is 12.7. The van der Waals surface area contributed by atoms with Crippen LogP contribution in [0.1, 0.15) is 39.3 Å². The molecule has 2 aromatic heterocycles. The van der Waals surface area contributed by atoms with Crippen LogP contribution in [-0.2, 0) is 15.1 Å². The monoisotopic (exact) mass is 359 g/mol. The number of pyridine rings is 1. The van der Waals surface area contributed by atoms with Crippen molar-refractivity contribution in [2.45, 2.75) is 56.9 Å². The molecular formula is C19H25N3O4. The summed E-state index contributed by atoms with van der Waals surface area (Å²) in [5.74, 6) is 0. The van der Waals surface area contributed by atoms with Crippen LogP contribution in [0.5, 0.6) is 0 Å². The second-order valence-corrected chi connectivity index (χ2v) is 8.24. The third-order valence-corrected chi connectivity index (χ3v) is 5.06. The zero-order valence-electron chi connectivity index (χ0n) is 15.4. The Kier molecular flexibility index (Phi) is 3.96. The largest absolute Gasteiger partial charge is 0.444 e. The molecule has 4 heterocycles. The van der Waals surface area contributed by atoms with E-state index in [1.165, 1.54) is 0 Å². The van der Waals surface area contributed by atoms with Gasteiger partial charge in [0, 0.05) is 25.2 Å². The molecule has 0 aromatic carbocycles. The molecule has 7 nitrogen and oxygen atoms in total. The number of imidazole rings is 1. The Bertz CT molecular complexity index is 812. The van der Waals surface area contributed by atoms with E-state index in [0.717, 1.165) is 11.3 Å². The minimum atomic E-state index is -1.04. The van der Waals surface area contributed by atoms with E-state index in [2.05, 4.69) is 4.98 Å². The Balaban J connectivity index is 1.65. The van der Waals surface area contributed by atoms with E-state index < -0.39 is 11.2 Å². The number of rotatable bonds is 1. The zero-order chi connectivity index (χ0) is 18.5. The molecule has 2 aliphatic heterocycles. The lowest BCUT2D eigenvalue weighted by molar-refractivity contribution is -0.142. The molecule has 0 aliphatic carbocycles. The highest BCUT2D eigenvalue weighted by atomic mass is 16.6. The number of aliphatic hydroxyl groups is 1. The van der Waals surface area contributed by atoms with Crippen LogP contribution in [0.25, 0.3) is 5.65 Å². The van der Waals surface area contributed by atoms with E-state index in [9.17, 15) is 9.90 Å². The summed E-state index contributed by atoms with van der Waals surface area (Å²) < 4.78 is 13.2.